The lowest BCUT2D eigenvalue weighted by atomic mass is 9.92. The Hall–Kier alpha value is -3.57. The number of nitrogens with zero attached hydrogens (tertiary/aromatic N) is 2. The number of benzene rings is 3. The molecule has 0 aromatic heterocycles. The van der Waals surface area contributed by atoms with Crippen molar-refractivity contribution in [3.05, 3.63) is 119 Å². The van der Waals surface area contributed by atoms with Crippen molar-refractivity contribution in [3.63, 3.8) is 0 Å². The lowest BCUT2D eigenvalue weighted by Gasteiger charge is -2.41. The number of likely N-dealkylation sites (tertiary alicyclic amines) is 1. The van der Waals surface area contributed by atoms with Crippen LogP contribution in [0.25, 0.3) is 0 Å². The van der Waals surface area contributed by atoms with E-state index in [9.17, 15) is 9.59 Å². The number of imide groups is 1. The predicted molar refractivity (Wildman–Crippen MR) is 116 cm³/mol. The van der Waals surface area contributed by atoms with Gasteiger partial charge in [0.2, 0.25) is 0 Å². The minimum absolute atomic E-state index is 0.0262. The van der Waals surface area contributed by atoms with Gasteiger partial charge < -0.3 is 0 Å². The summed E-state index contributed by atoms with van der Waals surface area (Å²) in [4.78, 5) is 28.2. The van der Waals surface area contributed by atoms with Crippen molar-refractivity contribution in [1.82, 2.24) is 9.80 Å². The number of fused-ring (bicyclic) bond motifs is 1. The quantitative estimate of drug-likeness (QED) is 0.575. The summed E-state index contributed by atoms with van der Waals surface area (Å²) in [5.41, 5.74) is 3.61. The molecule has 2 heterocycles. The molecule has 2 aliphatic rings. The maximum absolute atomic E-state index is 15.0. The average molecular weight is 412 g/mol. The van der Waals surface area contributed by atoms with Crippen LogP contribution >= 0.6 is 0 Å². The molecule has 0 radical (unpaired) electrons. The molecular formula is C26H21FN2O2. The molecule has 3 aromatic rings. The summed E-state index contributed by atoms with van der Waals surface area (Å²) in [6.07, 6.45) is 0. The number of hydrogen-bond acceptors (Lipinski definition) is 3. The zero-order valence-electron chi connectivity index (χ0n) is 16.9. The van der Waals surface area contributed by atoms with Crippen LogP contribution in [0.4, 0.5) is 4.39 Å². The molecule has 4 nitrogen and oxygen atoms in total. The lowest BCUT2D eigenvalue weighted by Crippen LogP contribution is -2.44. The predicted octanol–water partition coefficient (Wildman–Crippen LogP) is 4.61. The Morgan fingerprint density at radius 2 is 1.19 bits per heavy atom. The molecule has 2 aliphatic heterocycles. The second-order valence-electron chi connectivity index (χ2n) is 7.88. The summed E-state index contributed by atoms with van der Waals surface area (Å²) in [5.74, 6) is -1.26. The number of carbonyl (C=O) groups excluding carboxylic acids is 2. The summed E-state index contributed by atoms with van der Waals surface area (Å²) < 4.78 is 15.0. The van der Waals surface area contributed by atoms with Crippen LogP contribution in [-0.2, 0) is 0 Å². The second-order valence-corrected chi connectivity index (χ2v) is 7.88. The summed E-state index contributed by atoms with van der Waals surface area (Å²) in [7, 11) is 0. The average Bonchev–Trinajstić information content (AvgIpc) is 3.02. The zero-order chi connectivity index (χ0) is 21.4. The fraction of sp³-hybridized carbons (Fsp3) is 0.154. The molecule has 5 rings (SSSR count). The fourth-order valence-electron chi connectivity index (χ4n) is 4.32. The molecule has 0 spiro atoms. The van der Waals surface area contributed by atoms with Crippen LogP contribution in [0.2, 0.25) is 0 Å². The van der Waals surface area contributed by atoms with Crippen molar-refractivity contribution in [2.75, 3.05) is 19.6 Å². The van der Waals surface area contributed by atoms with Crippen LogP contribution in [0, 0.1) is 0 Å². The Kier molecular flexibility index (Phi) is 4.96. The van der Waals surface area contributed by atoms with Crippen LogP contribution in [0.1, 0.15) is 37.9 Å². The van der Waals surface area contributed by atoms with Crippen molar-refractivity contribution in [2.24, 2.45) is 0 Å². The van der Waals surface area contributed by atoms with E-state index in [1.165, 1.54) is 0 Å². The molecular weight excluding hydrogens is 391 g/mol. The summed E-state index contributed by atoms with van der Waals surface area (Å²) in [6, 6.07) is 26.9. The van der Waals surface area contributed by atoms with Gasteiger partial charge in [-0.2, -0.15) is 0 Å². The van der Waals surface area contributed by atoms with Gasteiger partial charge in [0.1, 0.15) is 5.83 Å². The second kappa shape index (κ2) is 7.93. The van der Waals surface area contributed by atoms with Crippen molar-refractivity contribution in [3.8, 4) is 0 Å². The first-order valence-electron chi connectivity index (χ1n) is 10.3. The van der Waals surface area contributed by atoms with E-state index in [0.29, 0.717) is 29.8 Å². The molecule has 1 saturated heterocycles. The van der Waals surface area contributed by atoms with E-state index in [0.717, 1.165) is 16.0 Å². The third-order valence-corrected chi connectivity index (χ3v) is 5.94. The standard InChI is InChI=1S/C26H21FN2O2/c27-23(17-29-25(30)21-13-7-8-14-22(21)26(29)31)20-15-28(16-20)24(18-9-3-1-4-10-18)19-11-5-2-6-12-19/h1-14,24H,15-17H2. The van der Waals surface area contributed by atoms with Crippen LogP contribution in [0.5, 0.6) is 0 Å². The highest BCUT2D eigenvalue weighted by atomic mass is 19.1. The van der Waals surface area contributed by atoms with Gasteiger partial charge in [0.25, 0.3) is 11.8 Å². The maximum atomic E-state index is 15.0. The minimum atomic E-state index is -0.432. The number of halogens is 1. The Bertz CT molecular complexity index is 1090. The molecule has 0 N–H and O–H groups in total. The third-order valence-electron chi connectivity index (χ3n) is 5.94. The Morgan fingerprint density at radius 3 is 1.68 bits per heavy atom. The molecule has 1 fully saturated rings. The maximum Gasteiger partial charge on any atom is 0.261 e. The number of carbonyl (C=O) groups is 2. The smallest absolute Gasteiger partial charge is 0.261 e. The SMILES string of the molecule is O=C1c2ccccc2C(=O)N1CC(F)=C1CN(C(c2ccccc2)c2ccccc2)C1. The first-order chi connectivity index (χ1) is 15.1. The van der Waals surface area contributed by atoms with Gasteiger partial charge in [0.15, 0.2) is 0 Å². The monoisotopic (exact) mass is 412 g/mol. The van der Waals surface area contributed by atoms with Gasteiger partial charge >= 0.3 is 0 Å². The molecule has 0 unspecified atom stereocenters. The van der Waals surface area contributed by atoms with Crippen molar-refractivity contribution in [1.29, 1.82) is 0 Å². The van der Waals surface area contributed by atoms with Crippen molar-refractivity contribution >= 4 is 11.8 Å². The minimum Gasteiger partial charge on any atom is -0.284 e. The van der Waals surface area contributed by atoms with Gasteiger partial charge in [0, 0.05) is 13.1 Å². The molecule has 5 heteroatoms. The number of amides is 2. The molecule has 0 saturated carbocycles. The van der Waals surface area contributed by atoms with Crippen molar-refractivity contribution < 1.29 is 14.0 Å². The van der Waals surface area contributed by atoms with Gasteiger partial charge in [-0.3, -0.25) is 19.4 Å². The van der Waals surface area contributed by atoms with E-state index >= 15 is 4.39 Å². The molecule has 154 valence electrons. The van der Waals surface area contributed by atoms with Gasteiger partial charge in [-0.15, -0.1) is 0 Å². The van der Waals surface area contributed by atoms with Crippen LogP contribution < -0.4 is 0 Å². The van der Waals surface area contributed by atoms with Gasteiger partial charge in [-0.25, -0.2) is 4.39 Å². The molecule has 2 amide bonds. The van der Waals surface area contributed by atoms with Crippen LogP contribution in [-0.4, -0.2) is 41.2 Å². The topological polar surface area (TPSA) is 40.6 Å². The third kappa shape index (κ3) is 3.47. The highest BCUT2D eigenvalue weighted by Crippen LogP contribution is 2.35. The fourth-order valence-corrected chi connectivity index (χ4v) is 4.32. The largest absolute Gasteiger partial charge is 0.284 e. The molecule has 31 heavy (non-hydrogen) atoms. The number of hydrogen-bond donors (Lipinski definition) is 0. The molecule has 0 bridgehead atoms. The first kappa shape index (κ1) is 19.4. The molecule has 0 aliphatic carbocycles. The van der Waals surface area contributed by atoms with E-state index in [-0.39, 0.29) is 12.6 Å². The summed E-state index contributed by atoms with van der Waals surface area (Å²) in [6.45, 7) is 0.615. The van der Waals surface area contributed by atoms with Crippen LogP contribution in [0.15, 0.2) is 96.3 Å². The zero-order valence-corrected chi connectivity index (χ0v) is 16.9. The van der Waals surface area contributed by atoms with Gasteiger partial charge in [0.05, 0.1) is 23.7 Å². The van der Waals surface area contributed by atoms with E-state index in [1.807, 2.05) is 36.4 Å². The molecule has 3 aromatic carbocycles. The number of rotatable bonds is 5. The summed E-state index contributed by atoms with van der Waals surface area (Å²) in [5, 5.41) is 0. The van der Waals surface area contributed by atoms with E-state index in [4.69, 9.17) is 0 Å². The normalized spacial score (nSPS) is 15.9. The van der Waals surface area contributed by atoms with E-state index in [1.54, 1.807) is 24.3 Å². The van der Waals surface area contributed by atoms with Crippen molar-refractivity contribution in [2.45, 2.75) is 6.04 Å². The lowest BCUT2D eigenvalue weighted by molar-refractivity contribution is 0.0657. The van der Waals surface area contributed by atoms with Gasteiger partial charge in [-0.05, 0) is 28.8 Å². The summed E-state index contributed by atoms with van der Waals surface area (Å²) >= 11 is 0. The first-order valence-corrected chi connectivity index (χ1v) is 10.3. The molecule has 0 atom stereocenters. The van der Waals surface area contributed by atoms with Crippen LogP contribution in [0.3, 0.4) is 0 Å². The highest BCUT2D eigenvalue weighted by molar-refractivity contribution is 6.21. The van der Waals surface area contributed by atoms with E-state index < -0.39 is 17.6 Å². The van der Waals surface area contributed by atoms with E-state index in [2.05, 4.69) is 29.2 Å². The Balaban J connectivity index is 1.34. The Labute approximate surface area is 180 Å². The Morgan fingerprint density at radius 1 is 0.742 bits per heavy atom. The highest BCUT2D eigenvalue weighted by Gasteiger charge is 2.38. The van der Waals surface area contributed by atoms with Gasteiger partial charge in [-0.1, -0.05) is 72.8 Å².